The molecule has 0 atom stereocenters. The third-order valence-electron chi connectivity index (χ3n) is 6.10. The van der Waals surface area contributed by atoms with E-state index in [1.54, 1.807) is 0 Å². The molecule has 2 fully saturated rings. The van der Waals surface area contributed by atoms with E-state index in [0.717, 1.165) is 44.9 Å². The van der Waals surface area contributed by atoms with Crippen molar-refractivity contribution in [1.29, 1.82) is 0 Å². The standard InChI is InChI=1S/C25H33N3O.2ClH/c29-25(28-15-13-24(14-16-28)26-17-21-11-12-21)20-27(18-22-7-3-1-4-8-22)19-23-9-5-2-6-10-23;;/h1-10,21,24,26H,11-20H2;2*1H. The molecule has 0 unspecified atom stereocenters. The van der Waals surface area contributed by atoms with Gasteiger partial charge < -0.3 is 10.2 Å². The highest BCUT2D eigenvalue weighted by Gasteiger charge is 2.26. The van der Waals surface area contributed by atoms with Crippen LogP contribution in [0.1, 0.15) is 36.8 Å². The normalized spacial score (nSPS) is 16.5. The SMILES string of the molecule is Cl.Cl.O=C(CN(Cc1ccccc1)Cc1ccccc1)N1CCC(NCC2CC2)CC1. The van der Waals surface area contributed by atoms with Crippen molar-refractivity contribution >= 4 is 30.7 Å². The molecule has 1 amide bonds. The summed E-state index contributed by atoms with van der Waals surface area (Å²) in [7, 11) is 0. The predicted octanol–water partition coefficient (Wildman–Crippen LogP) is 4.52. The van der Waals surface area contributed by atoms with E-state index in [9.17, 15) is 4.79 Å². The van der Waals surface area contributed by atoms with Crippen molar-refractivity contribution in [3.05, 3.63) is 71.8 Å². The summed E-state index contributed by atoms with van der Waals surface area (Å²) in [6, 6.07) is 21.5. The predicted molar refractivity (Wildman–Crippen MR) is 132 cm³/mol. The van der Waals surface area contributed by atoms with Gasteiger partial charge in [0.2, 0.25) is 5.91 Å². The van der Waals surface area contributed by atoms with Crippen LogP contribution >= 0.6 is 24.8 Å². The number of hydrogen-bond donors (Lipinski definition) is 1. The minimum atomic E-state index is 0. The van der Waals surface area contributed by atoms with Crippen molar-refractivity contribution in [1.82, 2.24) is 15.1 Å². The number of carbonyl (C=O) groups is 1. The molecular weight excluding hydrogens is 429 g/mol. The zero-order valence-electron chi connectivity index (χ0n) is 18.1. The first-order valence-corrected chi connectivity index (χ1v) is 11.1. The molecule has 1 N–H and O–H groups in total. The number of hydrogen-bond acceptors (Lipinski definition) is 3. The molecule has 4 nitrogen and oxygen atoms in total. The maximum Gasteiger partial charge on any atom is 0.236 e. The van der Waals surface area contributed by atoms with Gasteiger partial charge in [0.1, 0.15) is 0 Å². The number of piperidine rings is 1. The van der Waals surface area contributed by atoms with Gasteiger partial charge in [-0.15, -0.1) is 24.8 Å². The fourth-order valence-corrected chi connectivity index (χ4v) is 4.13. The van der Waals surface area contributed by atoms with Crippen LogP contribution in [0.2, 0.25) is 0 Å². The highest BCUT2D eigenvalue weighted by molar-refractivity contribution is 5.85. The second-order valence-electron chi connectivity index (χ2n) is 8.62. The molecule has 4 rings (SSSR count). The maximum atomic E-state index is 13.0. The van der Waals surface area contributed by atoms with Crippen LogP contribution in [0, 0.1) is 5.92 Å². The van der Waals surface area contributed by atoms with Gasteiger partial charge >= 0.3 is 0 Å². The molecule has 1 aliphatic carbocycles. The first-order valence-electron chi connectivity index (χ1n) is 11.1. The molecule has 6 heteroatoms. The summed E-state index contributed by atoms with van der Waals surface area (Å²) < 4.78 is 0. The van der Waals surface area contributed by atoms with Crippen LogP contribution in [0.3, 0.4) is 0 Å². The van der Waals surface area contributed by atoms with Crippen LogP contribution in [-0.2, 0) is 17.9 Å². The number of amides is 1. The van der Waals surface area contributed by atoms with Crippen LogP contribution in [0.4, 0.5) is 0 Å². The van der Waals surface area contributed by atoms with Gasteiger partial charge in [0.25, 0.3) is 0 Å². The maximum absolute atomic E-state index is 13.0. The van der Waals surface area contributed by atoms with Gasteiger partial charge in [-0.3, -0.25) is 9.69 Å². The van der Waals surface area contributed by atoms with Crippen molar-refractivity contribution in [2.45, 2.75) is 44.8 Å². The Morgan fingerprint density at radius 2 is 1.35 bits per heavy atom. The summed E-state index contributed by atoms with van der Waals surface area (Å²) in [6.07, 6.45) is 4.94. The summed E-state index contributed by atoms with van der Waals surface area (Å²) in [6.45, 7) is 4.99. The Bertz CT molecular complexity index is 721. The molecule has 1 saturated heterocycles. The number of benzene rings is 2. The largest absolute Gasteiger partial charge is 0.341 e. The molecule has 170 valence electrons. The molecule has 1 saturated carbocycles. The molecule has 0 bridgehead atoms. The van der Waals surface area contributed by atoms with E-state index in [2.05, 4.69) is 63.6 Å². The third kappa shape index (κ3) is 8.46. The second kappa shape index (κ2) is 13.1. The van der Waals surface area contributed by atoms with Crippen LogP contribution in [-0.4, -0.2) is 47.9 Å². The van der Waals surface area contributed by atoms with Crippen LogP contribution < -0.4 is 5.32 Å². The van der Waals surface area contributed by atoms with Crippen molar-refractivity contribution < 1.29 is 4.79 Å². The molecule has 0 spiro atoms. The van der Waals surface area contributed by atoms with Crippen molar-refractivity contribution in [2.24, 2.45) is 5.92 Å². The lowest BCUT2D eigenvalue weighted by molar-refractivity contribution is -0.133. The Labute approximate surface area is 199 Å². The van der Waals surface area contributed by atoms with E-state index >= 15 is 0 Å². The second-order valence-corrected chi connectivity index (χ2v) is 8.62. The summed E-state index contributed by atoms with van der Waals surface area (Å²) in [5, 5.41) is 3.70. The number of halogens is 2. The highest BCUT2D eigenvalue weighted by atomic mass is 35.5. The van der Waals surface area contributed by atoms with Gasteiger partial charge in [0.05, 0.1) is 6.54 Å². The zero-order valence-corrected chi connectivity index (χ0v) is 19.8. The van der Waals surface area contributed by atoms with E-state index in [0.29, 0.717) is 12.6 Å². The van der Waals surface area contributed by atoms with Crippen molar-refractivity contribution in [3.8, 4) is 0 Å². The summed E-state index contributed by atoms with van der Waals surface area (Å²) >= 11 is 0. The Hall–Kier alpha value is -1.59. The number of likely N-dealkylation sites (tertiary alicyclic amines) is 1. The summed E-state index contributed by atoms with van der Waals surface area (Å²) in [5.41, 5.74) is 2.50. The first kappa shape index (κ1) is 25.7. The van der Waals surface area contributed by atoms with Crippen LogP contribution in [0.15, 0.2) is 60.7 Å². The van der Waals surface area contributed by atoms with Gasteiger partial charge in [-0.25, -0.2) is 0 Å². The first-order chi connectivity index (χ1) is 14.3. The number of carbonyl (C=O) groups excluding carboxylic acids is 1. The summed E-state index contributed by atoms with van der Waals surface area (Å²) in [4.78, 5) is 17.4. The molecule has 31 heavy (non-hydrogen) atoms. The van der Waals surface area contributed by atoms with Gasteiger partial charge in [-0.2, -0.15) is 0 Å². The molecule has 1 heterocycles. The third-order valence-corrected chi connectivity index (χ3v) is 6.10. The summed E-state index contributed by atoms with van der Waals surface area (Å²) in [5.74, 6) is 1.18. The molecule has 2 aromatic rings. The average Bonchev–Trinajstić information content (AvgIpc) is 3.59. The van der Waals surface area contributed by atoms with Crippen molar-refractivity contribution in [3.63, 3.8) is 0 Å². The molecule has 0 aromatic heterocycles. The number of rotatable bonds is 9. The Morgan fingerprint density at radius 1 is 0.839 bits per heavy atom. The van der Waals surface area contributed by atoms with E-state index in [1.807, 2.05) is 12.1 Å². The minimum absolute atomic E-state index is 0. The van der Waals surface area contributed by atoms with E-state index in [-0.39, 0.29) is 30.7 Å². The zero-order chi connectivity index (χ0) is 19.9. The minimum Gasteiger partial charge on any atom is -0.341 e. The molecule has 2 aromatic carbocycles. The number of nitrogens with zero attached hydrogens (tertiary/aromatic N) is 2. The molecule has 0 radical (unpaired) electrons. The van der Waals surface area contributed by atoms with Crippen LogP contribution in [0.5, 0.6) is 0 Å². The molecule has 2 aliphatic rings. The molecule has 1 aliphatic heterocycles. The lowest BCUT2D eigenvalue weighted by Crippen LogP contribution is -2.48. The monoisotopic (exact) mass is 463 g/mol. The van der Waals surface area contributed by atoms with Gasteiger partial charge in [-0.05, 0) is 49.3 Å². The van der Waals surface area contributed by atoms with Crippen LogP contribution in [0.25, 0.3) is 0 Å². The lowest BCUT2D eigenvalue weighted by atomic mass is 10.0. The average molecular weight is 464 g/mol. The van der Waals surface area contributed by atoms with Gasteiger partial charge in [0, 0.05) is 32.2 Å². The molecular formula is C25H35Cl2N3O. The van der Waals surface area contributed by atoms with Gasteiger partial charge in [0.15, 0.2) is 0 Å². The van der Waals surface area contributed by atoms with E-state index in [1.165, 1.54) is 30.5 Å². The smallest absolute Gasteiger partial charge is 0.236 e. The number of nitrogens with one attached hydrogen (secondary N) is 1. The highest BCUT2D eigenvalue weighted by Crippen LogP contribution is 2.28. The quantitative estimate of drug-likeness (QED) is 0.593. The van der Waals surface area contributed by atoms with E-state index < -0.39 is 0 Å². The van der Waals surface area contributed by atoms with Gasteiger partial charge in [-0.1, -0.05) is 60.7 Å². The topological polar surface area (TPSA) is 35.6 Å². The Kier molecular flexibility index (Phi) is 10.8. The Balaban J connectivity index is 0.00000171. The van der Waals surface area contributed by atoms with Crippen molar-refractivity contribution in [2.75, 3.05) is 26.2 Å². The lowest BCUT2D eigenvalue weighted by Gasteiger charge is -2.34. The Morgan fingerprint density at radius 3 is 1.84 bits per heavy atom. The fraction of sp³-hybridized carbons (Fsp3) is 0.480. The fourth-order valence-electron chi connectivity index (χ4n) is 4.13. The van der Waals surface area contributed by atoms with E-state index in [4.69, 9.17) is 0 Å².